The van der Waals surface area contributed by atoms with Gasteiger partial charge in [0.2, 0.25) is 0 Å². The van der Waals surface area contributed by atoms with Gasteiger partial charge < -0.3 is 4.74 Å². The fraction of sp³-hybridized carbons (Fsp3) is 0.714. The summed E-state index contributed by atoms with van der Waals surface area (Å²) in [4.78, 5) is 21.5. The Morgan fingerprint density at radius 1 is 1.32 bits per heavy atom. The number of aromatic nitrogens is 2. The molecule has 0 bridgehead atoms. The Balaban J connectivity index is 0.000000295. The Morgan fingerprint density at radius 2 is 1.91 bits per heavy atom. The number of carbonyl (C=O) groups is 1. The minimum Gasteiger partial charge on any atom is -0.462 e. The van der Waals surface area contributed by atoms with Crippen LogP contribution in [0.15, 0.2) is 6.20 Å². The standard InChI is InChI=1S/C9H14N4O2.C5H10O2/c1-8-9(13(14)15)7-10-12(8)11-5-3-2-4-6-11;1-5(2,3)7-4-6/h7H,2-6H2,1H3;4H,1-3H3. The van der Waals surface area contributed by atoms with Gasteiger partial charge in [0.1, 0.15) is 17.5 Å². The van der Waals surface area contributed by atoms with Crippen molar-refractivity contribution in [3.05, 3.63) is 22.0 Å². The molecule has 22 heavy (non-hydrogen) atoms. The van der Waals surface area contributed by atoms with Gasteiger partial charge in [-0.15, -0.1) is 0 Å². The maximum absolute atomic E-state index is 10.7. The van der Waals surface area contributed by atoms with E-state index in [9.17, 15) is 14.9 Å². The van der Waals surface area contributed by atoms with Crippen molar-refractivity contribution in [3.8, 4) is 0 Å². The summed E-state index contributed by atoms with van der Waals surface area (Å²) in [5, 5.41) is 16.8. The summed E-state index contributed by atoms with van der Waals surface area (Å²) >= 11 is 0. The largest absolute Gasteiger partial charge is 0.462 e. The molecular weight excluding hydrogens is 288 g/mol. The van der Waals surface area contributed by atoms with Crippen molar-refractivity contribution in [1.82, 2.24) is 9.89 Å². The van der Waals surface area contributed by atoms with Crippen LogP contribution in [-0.2, 0) is 9.53 Å². The van der Waals surface area contributed by atoms with Crippen molar-refractivity contribution in [3.63, 3.8) is 0 Å². The highest BCUT2D eigenvalue weighted by molar-refractivity contribution is 5.37. The fourth-order valence-electron chi connectivity index (χ4n) is 2.07. The predicted octanol–water partition coefficient (Wildman–Crippen LogP) is 2.18. The molecule has 8 heteroatoms. The second-order valence-electron chi connectivity index (χ2n) is 6.10. The van der Waals surface area contributed by atoms with Crippen LogP contribution in [0.2, 0.25) is 0 Å². The molecule has 1 aliphatic heterocycles. The first-order chi connectivity index (χ1) is 10.3. The van der Waals surface area contributed by atoms with Gasteiger partial charge in [-0.3, -0.25) is 19.9 Å². The summed E-state index contributed by atoms with van der Waals surface area (Å²) in [5.41, 5.74) is 0.393. The zero-order chi connectivity index (χ0) is 16.8. The molecule has 0 atom stereocenters. The number of nitro groups is 1. The third kappa shape index (κ3) is 5.34. The van der Waals surface area contributed by atoms with E-state index in [-0.39, 0.29) is 16.2 Å². The maximum Gasteiger partial charge on any atom is 0.312 e. The van der Waals surface area contributed by atoms with Crippen LogP contribution in [0.4, 0.5) is 5.69 Å². The van der Waals surface area contributed by atoms with Crippen LogP contribution in [0, 0.1) is 17.0 Å². The lowest BCUT2D eigenvalue weighted by molar-refractivity contribution is -0.385. The van der Waals surface area contributed by atoms with E-state index < -0.39 is 0 Å². The Labute approximate surface area is 130 Å². The van der Waals surface area contributed by atoms with Crippen LogP contribution in [0.3, 0.4) is 0 Å². The van der Waals surface area contributed by atoms with Crippen LogP contribution >= 0.6 is 0 Å². The van der Waals surface area contributed by atoms with Gasteiger partial charge in [0.15, 0.2) is 0 Å². The number of hydrogen-bond donors (Lipinski definition) is 0. The number of ether oxygens (including phenoxy) is 1. The van der Waals surface area contributed by atoms with Crippen molar-refractivity contribution < 1.29 is 14.5 Å². The van der Waals surface area contributed by atoms with E-state index in [0.29, 0.717) is 12.2 Å². The molecule has 0 radical (unpaired) electrons. The smallest absolute Gasteiger partial charge is 0.312 e. The van der Waals surface area contributed by atoms with Crippen molar-refractivity contribution in [2.45, 2.75) is 52.6 Å². The van der Waals surface area contributed by atoms with Crippen molar-refractivity contribution in [1.29, 1.82) is 0 Å². The van der Waals surface area contributed by atoms with Gasteiger partial charge in [-0.1, -0.05) is 0 Å². The van der Waals surface area contributed by atoms with Gasteiger partial charge in [-0.2, -0.15) is 9.89 Å². The van der Waals surface area contributed by atoms with Crippen LogP contribution < -0.4 is 5.01 Å². The van der Waals surface area contributed by atoms with Gasteiger partial charge in [-0.05, 0) is 47.0 Å². The minimum absolute atomic E-state index is 0.0978. The highest BCUT2D eigenvalue weighted by Crippen LogP contribution is 2.18. The summed E-state index contributed by atoms with van der Waals surface area (Å²) in [6, 6.07) is 0. The minimum atomic E-state index is -0.386. The normalized spacial score (nSPS) is 14.8. The molecule has 0 spiro atoms. The van der Waals surface area contributed by atoms with Gasteiger partial charge >= 0.3 is 5.69 Å². The van der Waals surface area contributed by atoms with Crippen molar-refractivity contribution in [2.75, 3.05) is 18.1 Å². The molecule has 2 heterocycles. The molecule has 1 saturated heterocycles. The topological polar surface area (TPSA) is 90.5 Å². The number of nitrogens with zero attached hydrogens (tertiary/aromatic N) is 4. The summed E-state index contributed by atoms with van der Waals surface area (Å²) in [6.45, 7) is 9.52. The Bertz CT molecular complexity index is 501. The first kappa shape index (κ1) is 17.9. The van der Waals surface area contributed by atoms with E-state index in [1.54, 1.807) is 11.7 Å². The zero-order valence-corrected chi connectivity index (χ0v) is 13.6. The number of rotatable bonds is 3. The van der Waals surface area contributed by atoms with Crippen LogP contribution in [0.1, 0.15) is 45.7 Å². The van der Waals surface area contributed by atoms with Gasteiger partial charge in [0.25, 0.3) is 6.47 Å². The first-order valence-corrected chi connectivity index (χ1v) is 7.32. The highest BCUT2D eigenvalue weighted by Gasteiger charge is 2.20. The molecule has 1 aromatic heterocycles. The molecule has 0 aliphatic carbocycles. The molecule has 0 amide bonds. The summed E-state index contributed by atoms with van der Waals surface area (Å²) < 4.78 is 4.55. The third-order valence-electron chi connectivity index (χ3n) is 3.16. The monoisotopic (exact) mass is 312 g/mol. The molecule has 1 aliphatic rings. The molecule has 1 aromatic rings. The van der Waals surface area contributed by atoms with E-state index in [0.717, 1.165) is 25.9 Å². The summed E-state index contributed by atoms with van der Waals surface area (Å²) in [5.74, 6) is 0. The average Bonchev–Trinajstić information content (AvgIpc) is 2.81. The Morgan fingerprint density at radius 3 is 2.27 bits per heavy atom. The molecule has 8 nitrogen and oxygen atoms in total. The third-order valence-corrected chi connectivity index (χ3v) is 3.16. The SMILES string of the molecule is CC(C)(C)OC=O.Cc1c([N+](=O)[O-])cnn1N1CCCCC1. The lowest BCUT2D eigenvalue weighted by Crippen LogP contribution is -2.40. The fourth-order valence-corrected chi connectivity index (χ4v) is 2.07. The van der Waals surface area contributed by atoms with Gasteiger partial charge in [-0.25, -0.2) is 0 Å². The number of carbonyl (C=O) groups excluding carboxylic acids is 1. The molecule has 1 fully saturated rings. The van der Waals surface area contributed by atoms with E-state index in [1.165, 1.54) is 12.6 Å². The van der Waals surface area contributed by atoms with Gasteiger partial charge in [0.05, 0.1) is 4.92 Å². The van der Waals surface area contributed by atoms with Crippen LogP contribution in [-0.4, -0.2) is 40.0 Å². The molecule has 0 unspecified atom stereocenters. The predicted molar refractivity (Wildman–Crippen MR) is 82.3 cm³/mol. The second kappa shape index (κ2) is 7.77. The van der Waals surface area contributed by atoms with Crippen molar-refractivity contribution >= 4 is 12.2 Å². The second-order valence-corrected chi connectivity index (χ2v) is 6.10. The first-order valence-electron chi connectivity index (χ1n) is 7.32. The lowest BCUT2D eigenvalue weighted by Gasteiger charge is -2.28. The van der Waals surface area contributed by atoms with Crippen molar-refractivity contribution in [2.24, 2.45) is 0 Å². The number of hydrogen-bond acceptors (Lipinski definition) is 6. The van der Waals surface area contributed by atoms with Crippen LogP contribution in [0.25, 0.3) is 0 Å². The number of piperidine rings is 1. The van der Waals surface area contributed by atoms with Crippen LogP contribution in [0.5, 0.6) is 0 Å². The van der Waals surface area contributed by atoms with E-state index in [1.807, 2.05) is 20.8 Å². The van der Waals surface area contributed by atoms with E-state index in [4.69, 9.17) is 0 Å². The molecule has 0 saturated carbocycles. The Hall–Kier alpha value is -2.12. The van der Waals surface area contributed by atoms with E-state index in [2.05, 4.69) is 14.8 Å². The van der Waals surface area contributed by atoms with E-state index >= 15 is 0 Å². The quantitative estimate of drug-likeness (QED) is 0.482. The highest BCUT2D eigenvalue weighted by atomic mass is 16.6. The molecule has 0 aromatic carbocycles. The summed E-state index contributed by atoms with van der Waals surface area (Å²) in [6.07, 6.45) is 4.82. The summed E-state index contributed by atoms with van der Waals surface area (Å²) in [7, 11) is 0. The average molecular weight is 312 g/mol. The molecule has 2 rings (SSSR count). The molecule has 124 valence electrons. The lowest BCUT2D eigenvalue weighted by atomic mass is 10.2. The Kier molecular flexibility index (Phi) is 6.33. The van der Waals surface area contributed by atoms with Gasteiger partial charge in [0, 0.05) is 13.1 Å². The zero-order valence-electron chi connectivity index (χ0n) is 13.6. The molecular formula is C14H24N4O4. The molecule has 0 N–H and O–H groups in total. The maximum atomic E-state index is 10.7.